The van der Waals surface area contributed by atoms with Gasteiger partial charge in [0.05, 0.1) is 12.7 Å². The Morgan fingerprint density at radius 1 is 1.47 bits per heavy atom. The van der Waals surface area contributed by atoms with Crippen molar-refractivity contribution in [1.82, 2.24) is 0 Å². The second kappa shape index (κ2) is 5.57. The van der Waals surface area contributed by atoms with E-state index in [1.165, 1.54) is 0 Å². The van der Waals surface area contributed by atoms with Gasteiger partial charge in [-0.1, -0.05) is 6.92 Å². The Hall–Kier alpha value is -1.62. The molecule has 0 saturated carbocycles. The smallest absolute Gasteiger partial charge is 0.265 e. The minimum atomic E-state index is -0.551. The Bertz CT molecular complexity index is 488. The standard InChI is InChI=1S/C14H18FNO3/c1-4-10-14(17)16-13-11(19-10)6-5-9(12(13)15)7-18-8(2)3/h5-6,8,10H,4,7H2,1-3H3,(H,16,17). The number of rotatable bonds is 4. The minimum absolute atomic E-state index is 0.0192. The SMILES string of the molecule is CCC1Oc2ccc(COC(C)C)c(F)c2NC1=O. The van der Waals surface area contributed by atoms with Gasteiger partial charge in [-0.05, 0) is 32.4 Å². The van der Waals surface area contributed by atoms with E-state index < -0.39 is 11.9 Å². The number of hydrogen-bond donors (Lipinski definition) is 1. The van der Waals surface area contributed by atoms with E-state index in [1.54, 1.807) is 12.1 Å². The van der Waals surface area contributed by atoms with E-state index >= 15 is 0 Å². The summed E-state index contributed by atoms with van der Waals surface area (Å²) in [6, 6.07) is 3.29. The molecule has 2 rings (SSSR count). The Morgan fingerprint density at radius 2 is 2.21 bits per heavy atom. The molecule has 0 fully saturated rings. The van der Waals surface area contributed by atoms with Gasteiger partial charge >= 0.3 is 0 Å². The van der Waals surface area contributed by atoms with Crippen molar-refractivity contribution in [2.75, 3.05) is 5.32 Å². The van der Waals surface area contributed by atoms with E-state index in [0.717, 1.165) is 0 Å². The summed E-state index contributed by atoms with van der Waals surface area (Å²) < 4.78 is 25.1. The molecular formula is C14H18FNO3. The van der Waals surface area contributed by atoms with Crippen LogP contribution in [0.1, 0.15) is 32.8 Å². The van der Waals surface area contributed by atoms with Crippen LogP contribution in [-0.2, 0) is 16.1 Å². The molecule has 0 spiro atoms. The summed E-state index contributed by atoms with van der Waals surface area (Å²) >= 11 is 0. The second-order valence-electron chi connectivity index (χ2n) is 4.78. The van der Waals surface area contributed by atoms with E-state index in [9.17, 15) is 9.18 Å². The summed E-state index contributed by atoms with van der Waals surface area (Å²) in [5.74, 6) is -0.422. The first-order valence-electron chi connectivity index (χ1n) is 6.43. The summed E-state index contributed by atoms with van der Waals surface area (Å²) in [7, 11) is 0. The molecule has 4 nitrogen and oxygen atoms in total. The summed E-state index contributed by atoms with van der Waals surface area (Å²) in [5.41, 5.74) is 0.519. The minimum Gasteiger partial charge on any atom is -0.478 e. The van der Waals surface area contributed by atoms with Gasteiger partial charge in [-0.25, -0.2) is 4.39 Å². The van der Waals surface area contributed by atoms with Crippen LogP contribution < -0.4 is 10.1 Å². The summed E-state index contributed by atoms with van der Waals surface area (Å²) in [4.78, 5) is 11.7. The number of halogens is 1. The van der Waals surface area contributed by atoms with E-state index in [2.05, 4.69) is 5.32 Å². The molecule has 1 atom stereocenters. The molecule has 0 aliphatic carbocycles. The lowest BCUT2D eigenvalue weighted by molar-refractivity contribution is -0.123. The molecule has 0 bridgehead atoms. The molecule has 1 heterocycles. The number of anilines is 1. The monoisotopic (exact) mass is 267 g/mol. The van der Waals surface area contributed by atoms with Crippen LogP contribution in [0.4, 0.5) is 10.1 Å². The van der Waals surface area contributed by atoms with Crippen molar-refractivity contribution in [3.8, 4) is 5.75 Å². The van der Waals surface area contributed by atoms with Crippen molar-refractivity contribution in [1.29, 1.82) is 0 Å². The number of nitrogens with one attached hydrogen (secondary N) is 1. The highest BCUT2D eigenvalue weighted by atomic mass is 19.1. The molecule has 1 aromatic carbocycles. The number of amides is 1. The highest BCUT2D eigenvalue weighted by molar-refractivity contribution is 5.97. The summed E-state index contributed by atoms with van der Waals surface area (Å²) in [5, 5.41) is 2.56. The number of hydrogen-bond acceptors (Lipinski definition) is 3. The van der Waals surface area contributed by atoms with Gasteiger partial charge in [0.15, 0.2) is 11.9 Å². The third-order valence-electron chi connectivity index (χ3n) is 2.94. The molecule has 0 saturated heterocycles. The van der Waals surface area contributed by atoms with Crippen LogP contribution in [0.5, 0.6) is 5.75 Å². The van der Waals surface area contributed by atoms with E-state index in [-0.39, 0.29) is 24.3 Å². The Morgan fingerprint density at radius 3 is 2.84 bits per heavy atom. The van der Waals surface area contributed by atoms with Gasteiger partial charge in [0.25, 0.3) is 5.91 Å². The van der Waals surface area contributed by atoms with Gasteiger partial charge in [0.1, 0.15) is 11.4 Å². The maximum absolute atomic E-state index is 14.2. The normalized spacial score (nSPS) is 17.9. The fraction of sp³-hybridized carbons (Fsp3) is 0.500. The molecule has 1 unspecified atom stereocenters. The quantitative estimate of drug-likeness (QED) is 0.912. The predicted octanol–water partition coefficient (Wildman–Crippen LogP) is 2.86. The molecule has 1 amide bonds. The molecule has 1 aliphatic heterocycles. The Kier molecular flexibility index (Phi) is 4.04. The summed E-state index contributed by atoms with van der Waals surface area (Å²) in [6.07, 6.45) is 0.0147. The fourth-order valence-electron chi connectivity index (χ4n) is 1.86. The molecule has 19 heavy (non-hydrogen) atoms. The predicted molar refractivity (Wildman–Crippen MR) is 69.7 cm³/mol. The van der Waals surface area contributed by atoms with E-state index in [0.29, 0.717) is 17.7 Å². The first-order chi connectivity index (χ1) is 9.02. The maximum atomic E-state index is 14.2. The highest BCUT2D eigenvalue weighted by Gasteiger charge is 2.29. The average molecular weight is 267 g/mol. The van der Waals surface area contributed by atoms with Gasteiger partial charge in [-0.2, -0.15) is 0 Å². The number of fused-ring (bicyclic) bond motifs is 1. The van der Waals surface area contributed by atoms with Gasteiger partial charge in [0, 0.05) is 5.56 Å². The zero-order valence-corrected chi connectivity index (χ0v) is 11.3. The molecule has 1 N–H and O–H groups in total. The van der Waals surface area contributed by atoms with Gasteiger partial charge in [-0.15, -0.1) is 0 Å². The van der Waals surface area contributed by atoms with Gasteiger partial charge in [-0.3, -0.25) is 4.79 Å². The Balaban J connectivity index is 2.25. The average Bonchev–Trinajstić information content (AvgIpc) is 2.38. The van der Waals surface area contributed by atoms with E-state index in [4.69, 9.17) is 9.47 Å². The molecule has 5 heteroatoms. The largest absolute Gasteiger partial charge is 0.478 e. The van der Waals surface area contributed by atoms with Crippen molar-refractivity contribution in [3.63, 3.8) is 0 Å². The lowest BCUT2D eigenvalue weighted by atomic mass is 10.1. The second-order valence-corrected chi connectivity index (χ2v) is 4.78. The van der Waals surface area contributed by atoms with Crippen molar-refractivity contribution in [2.24, 2.45) is 0 Å². The number of carbonyl (C=O) groups excluding carboxylic acids is 1. The van der Waals surface area contributed by atoms with Crippen LogP contribution in [-0.4, -0.2) is 18.1 Å². The maximum Gasteiger partial charge on any atom is 0.265 e. The summed E-state index contributed by atoms with van der Waals surface area (Å²) in [6.45, 7) is 5.78. The zero-order valence-electron chi connectivity index (χ0n) is 11.3. The van der Waals surface area contributed by atoms with Crippen LogP contribution in [0.2, 0.25) is 0 Å². The lowest BCUT2D eigenvalue weighted by Crippen LogP contribution is -2.36. The van der Waals surface area contributed by atoms with Gasteiger partial charge < -0.3 is 14.8 Å². The van der Waals surface area contributed by atoms with Crippen LogP contribution in [0.3, 0.4) is 0 Å². The van der Waals surface area contributed by atoms with E-state index in [1.807, 2.05) is 20.8 Å². The highest BCUT2D eigenvalue weighted by Crippen LogP contribution is 2.34. The topological polar surface area (TPSA) is 47.6 Å². The molecule has 1 aromatic rings. The lowest BCUT2D eigenvalue weighted by Gasteiger charge is -2.26. The van der Waals surface area contributed by atoms with Crippen molar-refractivity contribution in [2.45, 2.75) is 46.0 Å². The van der Waals surface area contributed by atoms with Crippen LogP contribution >= 0.6 is 0 Å². The van der Waals surface area contributed by atoms with Crippen LogP contribution in [0, 0.1) is 5.82 Å². The molecule has 1 aliphatic rings. The molecule has 104 valence electrons. The first-order valence-corrected chi connectivity index (χ1v) is 6.43. The first kappa shape index (κ1) is 13.8. The number of benzene rings is 1. The third kappa shape index (κ3) is 2.87. The van der Waals surface area contributed by atoms with Crippen molar-refractivity contribution < 1.29 is 18.7 Å². The molecule has 0 aromatic heterocycles. The van der Waals surface area contributed by atoms with Gasteiger partial charge in [0.2, 0.25) is 0 Å². The number of carbonyl (C=O) groups is 1. The number of ether oxygens (including phenoxy) is 2. The molecule has 0 radical (unpaired) electrons. The van der Waals surface area contributed by atoms with Crippen LogP contribution in [0.25, 0.3) is 0 Å². The van der Waals surface area contributed by atoms with Crippen molar-refractivity contribution in [3.05, 3.63) is 23.5 Å². The van der Waals surface area contributed by atoms with Crippen molar-refractivity contribution >= 4 is 11.6 Å². The Labute approximate surface area is 111 Å². The zero-order chi connectivity index (χ0) is 14.0. The third-order valence-corrected chi connectivity index (χ3v) is 2.94. The fourth-order valence-corrected chi connectivity index (χ4v) is 1.86. The van der Waals surface area contributed by atoms with Crippen LogP contribution in [0.15, 0.2) is 12.1 Å². The molecular weight excluding hydrogens is 249 g/mol.